The Kier molecular flexibility index (Phi) is 4.44. The highest BCUT2D eigenvalue weighted by Crippen LogP contribution is 2.11. The van der Waals surface area contributed by atoms with Gasteiger partial charge in [0.15, 0.2) is 0 Å². The lowest BCUT2D eigenvalue weighted by Gasteiger charge is -2.08. The zero-order valence-corrected chi connectivity index (χ0v) is 10.9. The molecule has 0 spiro atoms. The van der Waals surface area contributed by atoms with Crippen molar-refractivity contribution in [2.24, 2.45) is 0 Å². The van der Waals surface area contributed by atoms with E-state index in [1.807, 2.05) is 19.1 Å². The molecular weight excluding hydrogens is 244 g/mol. The SMILES string of the molecule is CCNc1nc(NCc2cccnc2)nc(OC)n1. The highest BCUT2D eigenvalue weighted by Gasteiger charge is 2.05. The molecule has 0 amide bonds. The van der Waals surface area contributed by atoms with Gasteiger partial charge in [0, 0.05) is 25.5 Å². The molecule has 2 rings (SSSR count). The number of hydrogen-bond donors (Lipinski definition) is 2. The Morgan fingerprint density at radius 2 is 1.95 bits per heavy atom. The Labute approximate surface area is 111 Å². The summed E-state index contributed by atoms with van der Waals surface area (Å²) in [6.45, 7) is 3.29. The number of aromatic nitrogens is 4. The van der Waals surface area contributed by atoms with Gasteiger partial charge in [-0.1, -0.05) is 6.07 Å². The Balaban J connectivity index is 2.08. The van der Waals surface area contributed by atoms with Gasteiger partial charge in [-0.3, -0.25) is 4.98 Å². The molecule has 0 aliphatic heterocycles. The van der Waals surface area contributed by atoms with E-state index < -0.39 is 0 Å². The van der Waals surface area contributed by atoms with Crippen LogP contribution in [0.5, 0.6) is 6.01 Å². The number of hydrogen-bond acceptors (Lipinski definition) is 7. The first kappa shape index (κ1) is 13.0. The largest absolute Gasteiger partial charge is 0.467 e. The Bertz CT molecular complexity index is 519. The number of methoxy groups -OCH3 is 1. The maximum atomic E-state index is 5.04. The molecule has 2 aromatic heterocycles. The van der Waals surface area contributed by atoms with E-state index in [1.165, 1.54) is 7.11 Å². The Morgan fingerprint density at radius 3 is 2.58 bits per heavy atom. The van der Waals surface area contributed by atoms with Crippen molar-refractivity contribution in [2.75, 3.05) is 24.3 Å². The number of rotatable bonds is 6. The van der Waals surface area contributed by atoms with Crippen molar-refractivity contribution in [3.8, 4) is 6.01 Å². The molecule has 0 radical (unpaired) electrons. The van der Waals surface area contributed by atoms with Crippen LogP contribution >= 0.6 is 0 Å². The van der Waals surface area contributed by atoms with E-state index >= 15 is 0 Å². The fraction of sp³-hybridized carbons (Fsp3) is 0.333. The Hall–Kier alpha value is -2.44. The van der Waals surface area contributed by atoms with Crippen molar-refractivity contribution in [3.63, 3.8) is 0 Å². The monoisotopic (exact) mass is 260 g/mol. The van der Waals surface area contributed by atoms with Crippen molar-refractivity contribution >= 4 is 11.9 Å². The molecule has 0 saturated heterocycles. The highest BCUT2D eigenvalue weighted by molar-refractivity contribution is 5.36. The van der Waals surface area contributed by atoms with Crippen LogP contribution in [0, 0.1) is 0 Å². The summed E-state index contributed by atoms with van der Waals surface area (Å²) >= 11 is 0. The van der Waals surface area contributed by atoms with Crippen molar-refractivity contribution in [1.82, 2.24) is 19.9 Å². The van der Waals surface area contributed by atoms with Gasteiger partial charge in [-0.25, -0.2) is 0 Å². The van der Waals surface area contributed by atoms with Gasteiger partial charge in [-0.15, -0.1) is 0 Å². The number of pyridine rings is 1. The number of nitrogens with zero attached hydrogens (tertiary/aromatic N) is 4. The first-order valence-electron chi connectivity index (χ1n) is 5.98. The molecular formula is C12H16N6O. The lowest BCUT2D eigenvalue weighted by molar-refractivity contribution is 0.379. The number of ether oxygens (including phenoxy) is 1. The highest BCUT2D eigenvalue weighted by atomic mass is 16.5. The van der Waals surface area contributed by atoms with E-state index in [1.54, 1.807) is 12.4 Å². The molecule has 0 aliphatic carbocycles. The minimum Gasteiger partial charge on any atom is -0.467 e. The maximum Gasteiger partial charge on any atom is 0.322 e. The second-order valence-electron chi connectivity index (χ2n) is 3.71. The fourth-order valence-electron chi connectivity index (χ4n) is 1.45. The summed E-state index contributed by atoms with van der Waals surface area (Å²) in [6, 6.07) is 4.14. The molecule has 7 heteroatoms. The van der Waals surface area contributed by atoms with E-state index in [0.29, 0.717) is 18.4 Å². The average Bonchev–Trinajstić information content (AvgIpc) is 2.46. The predicted octanol–water partition coefficient (Wildman–Crippen LogP) is 1.32. The van der Waals surface area contributed by atoms with E-state index in [9.17, 15) is 0 Å². The molecule has 0 bridgehead atoms. The van der Waals surface area contributed by atoms with Gasteiger partial charge in [0.05, 0.1) is 7.11 Å². The van der Waals surface area contributed by atoms with Crippen LogP contribution in [0.2, 0.25) is 0 Å². The van der Waals surface area contributed by atoms with Crippen LogP contribution in [0.3, 0.4) is 0 Å². The van der Waals surface area contributed by atoms with Gasteiger partial charge < -0.3 is 15.4 Å². The smallest absolute Gasteiger partial charge is 0.322 e. The lowest BCUT2D eigenvalue weighted by Crippen LogP contribution is -2.10. The van der Waals surface area contributed by atoms with E-state index in [0.717, 1.165) is 12.1 Å². The lowest BCUT2D eigenvalue weighted by atomic mass is 10.3. The summed E-state index contributed by atoms with van der Waals surface area (Å²) in [5.74, 6) is 0.953. The standard InChI is InChI=1S/C12H16N6O/c1-3-14-10-16-11(18-12(17-10)19-2)15-8-9-5-4-6-13-7-9/h4-7H,3,8H2,1-2H3,(H2,14,15,16,17,18). The van der Waals surface area contributed by atoms with Crippen LogP contribution in [-0.2, 0) is 6.54 Å². The minimum atomic E-state index is 0.277. The van der Waals surface area contributed by atoms with Crippen molar-refractivity contribution < 1.29 is 4.74 Å². The molecule has 100 valence electrons. The summed E-state index contributed by atoms with van der Waals surface area (Å²) < 4.78 is 5.04. The first-order chi connectivity index (χ1) is 9.31. The van der Waals surface area contributed by atoms with Gasteiger partial charge in [0.25, 0.3) is 0 Å². The zero-order valence-electron chi connectivity index (χ0n) is 10.9. The van der Waals surface area contributed by atoms with E-state index in [4.69, 9.17) is 4.74 Å². The van der Waals surface area contributed by atoms with Gasteiger partial charge in [-0.05, 0) is 18.6 Å². The molecule has 0 aliphatic rings. The van der Waals surface area contributed by atoms with Crippen molar-refractivity contribution in [2.45, 2.75) is 13.5 Å². The van der Waals surface area contributed by atoms with Gasteiger partial charge in [-0.2, -0.15) is 15.0 Å². The van der Waals surface area contributed by atoms with Crippen LogP contribution in [0.15, 0.2) is 24.5 Å². The average molecular weight is 260 g/mol. The molecule has 0 fully saturated rings. The van der Waals surface area contributed by atoms with Crippen LogP contribution in [-0.4, -0.2) is 33.6 Å². The summed E-state index contributed by atoms with van der Waals surface area (Å²) in [5, 5.41) is 6.14. The summed E-state index contributed by atoms with van der Waals surface area (Å²) in [6.07, 6.45) is 3.52. The number of nitrogens with one attached hydrogen (secondary N) is 2. The molecule has 2 aromatic rings. The van der Waals surface area contributed by atoms with Crippen LogP contribution in [0.1, 0.15) is 12.5 Å². The zero-order chi connectivity index (χ0) is 13.5. The third-order valence-corrected chi connectivity index (χ3v) is 2.31. The molecule has 7 nitrogen and oxygen atoms in total. The first-order valence-corrected chi connectivity index (χ1v) is 5.98. The molecule has 0 unspecified atom stereocenters. The summed E-state index contributed by atoms with van der Waals surface area (Å²) in [7, 11) is 1.52. The third kappa shape index (κ3) is 3.77. The van der Waals surface area contributed by atoms with Crippen LogP contribution in [0.25, 0.3) is 0 Å². The minimum absolute atomic E-state index is 0.277. The van der Waals surface area contributed by atoms with Gasteiger partial charge in [0.1, 0.15) is 0 Å². The van der Waals surface area contributed by atoms with Gasteiger partial charge >= 0.3 is 6.01 Å². The summed E-state index contributed by atoms with van der Waals surface area (Å²) in [5.41, 5.74) is 1.05. The molecule has 0 aromatic carbocycles. The molecule has 2 N–H and O–H groups in total. The second kappa shape index (κ2) is 6.48. The predicted molar refractivity (Wildman–Crippen MR) is 72.1 cm³/mol. The second-order valence-corrected chi connectivity index (χ2v) is 3.71. The summed E-state index contributed by atoms with van der Waals surface area (Å²) in [4.78, 5) is 16.5. The van der Waals surface area contributed by atoms with Gasteiger partial charge in [0.2, 0.25) is 11.9 Å². The van der Waals surface area contributed by atoms with E-state index in [-0.39, 0.29) is 6.01 Å². The molecule has 19 heavy (non-hydrogen) atoms. The fourth-order valence-corrected chi connectivity index (χ4v) is 1.45. The van der Waals surface area contributed by atoms with Crippen LogP contribution in [0.4, 0.5) is 11.9 Å². The van der Waals surface area contributed by atoms with Crippen molar-refractivity contribution in [3.05, 3.63) is 30.1 Å². The normalized spacial score (nSPS) is 10.0. The third-order valence-electron chi connectivity index (χ3n) is 2.31. The van der Waals surface area contributed by atoms with E-state index in [2.05, 4.69) is 30.6 Å². The maximum absolute atomic E-state index is 5.04. The van der Waals surface area contributed by atoms with Crippen molar-refractivity contribution in [1.29, 1.82) is 0 Å². The quantitative estimate of drug-likeness (QED) is 0.810. The van der Waals surface area contributed by atoms with Crippen LogP contribution < -0.4 is 15.4 Å². The molecule has 0 atom stereocenters. The topological polar surface area (TPSA) is 84.9 Å². The molecule has 2 heterocycles. The Morgan fingerprint density at radius 1 is 1.16 bits per heavy atom. The number of anilines is 2. The molecule has 0 saturated carbocycles.